The molecule has 0 bridgehead atoms. The van der Waals surface area contributed by atoms with E-state index in [1.807, 2.05) is 35.2 Å². The van der Waals surface area contributed by atoms with Crippen molar-refractivity contribution in [2.24, 2.45) is 0 Å². The number of carbonyl (C=O) groups is 2. The van der Waals surface area contributed by atoms with Gasteiger partial charge in [-0.25, -0.2) is 0 Å². The van der Waals surface area contributed by atoms with Crippen molar-refractivity contribution >= 4 is 17.5 Å². The highest BCUT2D eigenvalue weighted by Gasteiger charge is 2.24. The second-order valence-corrected chi connectivity index (χ2v) is 6.80. The van der Waals surface area contributed by atoms with Crippen LogP contribution in [0.25, 0.3) is 0 Å². The molecular formula is C21H22N2O2. The van der Waals surface area contributed by atoms with E-state index in [4.69, 9.17) is 0 Å². The molecule has 25 heavy (non-hydrogen) atoms. The van der Waals surface area contributed by atoms with Crippen molar-refractivity contribution in [2.45, 2.75) is 32.2 Å². The summed E-state index contributed by atoms with van der Waals surface area (Å²) in [7, 11) is 0. The highest BCUT2D eigenvalue weighted by molar-refractivity contribution is 5.99. The van der Waals surface area contributed by atoms with Gasteiger partial charge in [0.05, 0.1) is 0 Å². The zero-order valence-electron chi connectivity index (χ0n) is 14.3. The molecule has 2 amide bonds. The molecular weight excluding hydrogens is 312 g/mol. The van der Waals surface area contributed by atoms with Crippen molar-refractivity contribution in [1.29, 1.82) is 0 Å². The van der Waals surface area contributed by atoms with Gasteiger partial charge >= 0.3 is 0 Å². The molecule has 2 heterocycles. The van der Waals surface area contributed by atoms with Crippen LogP contribution in [0.3, 0.4) is 0 Å². The predicted molar refractivity (Wildman–Crippen MR) is 97.5 cm³/mol. The summed E-state index contributed by atoms with van der Waals surface area (Å²) in [6, 6.07) is 15.9. The Kier molecular flexibility index (Phi) is 4.26. The Morgan fingerprint density at radius 2 is 1.68 bits per heavy atom. The second kappa shape index (κ2) is 6.71. The van der Waals surface area contributed by atoms with Gasteiger partial charge in [0.2, 0.25) is 5.91 Å². The lowest BCUT2D eigenvalue weighted by atomic mass is 10.0. The van der Waals surface area contributed by atoms with Crippen LogP contribution in [0.1, 0.15) is 40.7 Å². The molecule has 0 radical (unpaired) electrons. The first kappa shape index (κ1) is 15.9. The van der Waals surface area contributed by atoms with Gasteiger partial charge in [-0.2, -0.15) is 0 Å². The van der Waals surface area contributed by atoms with E-state index in [9.17, 15) is 9.59 Å². The molecule has 2 aromatic rings. The van der Waals surface area contributed by atoms with Gasteiger partial charge in [-0.1, -0.05) is 30.3 Å². The van der Waals surface area contributed by atoms with Crippen LogP contribution in [-0.4, -0.2) is 29.8 Å². The summed E-state index contributed by atoms with van der Waals surface area (Å²) in [6.45, 7) is 2.16. The van der Waals surface area contributed by atoms with E-state index in [0.29, 0.717) is 18.5 Å². The Bertz CT molecular complexity index is 815. The number of hydrogen-bond acceptors (Lipinski definition) is 2. The maximum Gasteiger partial charge on any atom is 0.254 e. The lowest BCUT2D eigenvalue weighted by molar-refractivity contribution is -0.117. The van der Waals surface area contributed by atoms with Gasteiger partial charge in [0.1, 0.15) is 0 Å². The average molecular weight is 334 g/mol. The second-order valence-electron chi connectivity index (χ2n) is 6.80. The standard InChI is InChI=1S/C21H22N2O2/c24-20-11-5-13-23(20)19-10-3-8-17(14-19)21(25)22-12-4-9-16-6-1-2-7-18(16)15-22/h1-3,6-8,10,14H,4-5,9,11-13,15H2. The van der Waals surface area contributed by atoms with Crippen molar-refractivity contribution < 1.29 is 9.59 Å². The molecule has 1 saturated heterocycles. The quantitative estimate of drug-likeness (QED) is 0.844. The van der Waals surface area contributed by atoms with Crippen LogP contribution in [0, 0.1) is 0 Å². The van der Waals surface area contributed by atoms with Crippen LogP contribution in [0.4, 0.5) is 5.69 Å². The molecule has 0 spiro atoms. The fraction of sp³-hybridized carbons (Fsp3) is 0.333. The fourth-order valence-corrected chi connectivity index (χ4v) is 3.78. The SMILES string of the molecule is O=C(c1cccc(N2CCCC2=O)c1)N1CCCc2ccccc2C1. The minimum absolute atomic E-state index is 0.0465. The molecule has 2 aromatic carbocycles. The predicted octanol–water partition coefficient (Wildman–Crippen LogP) is 3.40. The number of rotatable bonds is 2. The fourth-order valence-electron chi connectivity index (χ4n) is 3.78. The summed E-state index contributed by atoms with van der Waals surface area (Å²) in [5, 5.41) is 0. The molecule has 2 aliphatic heterocycles. The summed E-state index contributed by atoms with van der Waals surface area (Å²) >= 11 is 0. The Morgan fingerprint density at radius 3 is 2.48 bits per heavy atom. The number of anilines is 1. The number of aryl methyl sites for hydroxylation is 1. The summed E-state index contributed by atoms with van der Waals surface area (Å²) in [4.78, 5) is 28.7. The first-order valence-electron chi connectivity index (χ1n) is 8.99. The first-order chi connectivity index (χ1) is 12.2. The summed E-state index contributed by atoms with van der Waals surface area (Å²) in [5.41, 5.74) is 4.08. The lowest BCUT2D eigenvalue weighted by Crippen LogP contribution is -2.31. The van der Waals surface area contributed by atoms with Gasteiger partial charge in [0.25, 0.3) is 5.91 Å². The minimum Gasteiger partial charge on any atom is -0.334 e. The van der Waals surface area contributed by atoms with Gasteiger partial charge in [0.15, 0.2) is 0 Å². The first-order valence-corrected chi connectivity index (χ1v) is 8.99. The van der Waals surface area contributed by atoms with Crippen molar-refractivity contribution in [2.75, 3.05) is 18.0 Å². The molecule has 0 N–H and O–H groups in total. The van der Waals surface area contributed by atoms with Crippen LogP contribution < -0.4 is 4.90 Å². The number of fused-ring (bicyclic) bond motifs is 1. The molecule has 0 unspecified atom stereocenters. The van der Waals surface area contributed by atoms with Gasteiger partial charge in [-0.3, -0.25) is 9.59 Å². The number of benzene rings is 2. The van der Waals surface area contributed by atoms with Crippen molar-refractivity contribution in [1.82, 2.24) is 4.90 Å². The maximum atomic E-state index is 13.0. The molecule has 4 heteroatoms. The van der Waals surface area contributed by atoms with E-state index < -0.39 is 0 Å². The van der Waals surface area contributed by atoms with Gasteiger partial charge < -0.3 is 9.80 Å². The van der Waals surface area contributed by atoms with Crippen LogP contribution >= 0.6 is 0 Å². The molecule has 4 nitrogen and oxygen atoms in total. The molecule has 128 valence electrons. The molecule has 4 rings (SSSR count). The third-order valence-electron chi connectivity index (χ3n) is 5.12. The summed E-state index contributed by atoms with van der Waals surface area (Å²) < 4.78 is 0. The van der Waals surface area contributed by atoms with Gasteiger partial charge in [-0.05, 0) is 48.6 Å². The molecule has 1 fully saturated rings. The van der Waals surface area contributed by atoms with Crippen LogP contribution in [0.5, 0.6) is 0 Å². The molecule has 2 aliphatic rings. The number of hydrogen-bond donors (Lipinski definition) is 0. The molecule has 0 atom stereocenters. The number of nitrogens with zero attached hydrogens (tertiary/aromatic N) is 2. The molecule has 0 aromatic heterocycles. The van der Waals surface area contributed by atoms with Crippen LogP contribution in [0.2, 0.25) is 0 Å². The Labute approximate surface area is 148 Å². The summed E-state index contributed by atoms with van der Waals surface area (Å²) in [5.74, 6) is 0.193. The molecule has 0 saturated carbocycles. The minimum atomic E-state index is 0.0465. The third kappa shape index (κ3) is 3.16. The molecule has 0 aliphatic carbocycles. The van der Waals surface area contributed by atoms with E-state index >= 15 is 0 Å². The lowest BCUT2D eigenvalue weighted by Gasteiger charge is -2.22. The van der Waals surface area contributed by atoms with E-state index in [2.05, 4.69) is 18.2 Å². The zero-order chi connectivity index (χ0) is 17.2. The van der Waals surface area contributed by atoms with E-state index in [-0.39, 0.29) is 11.8 Å². The van der Waals surface area contributed by atoms with E-state index in [0.717, 1.165) is 38.0 Å². The number of amides is 2. The van der Waals surface area contributed by atoms with Crippen molar-refractivity contribution in [3.8, 4) is 0 Å². The van der Waals surface area contributed by atoms with Gasteiger partial charge in [-0.15, -0.1) is 0 Å². The normalized spacial score (nSPS) is 17.4. The summed E-state index contributed by atoms with van der Waals surface area (Å²) in [6.07, 6.45) is 3.48. The smallest absolute Gasteiger partial charge is 0.254 e. The highest BCUT2D eigenvalue weighted by Crippen LogP contribution is 2.24. The third-order valence-corrected chi connectivity index (χ3v) is 5.12. The number of carbonyl (C=O) groups excluding carboxylic acids is 2. The van der Waals surface area contributed by atoms with E-state index in [1.54, 1.807) is 4.90 Å². The topological polar surface area (TPSA) is 40.6 Å². The van der Waals surface area contributed by atoms with Gasteiger partial charge in [0, 0.05) is 37.3 Å². The average Bonchev–Trinajstić information content (AvgIpc) is 2.95. The largest absolute Gasteiger partial charge is 0.334 e. The van der Waals surface area contributed by atoms with E-state index in [1.165, 1.54) is 11.1 Å². The maximum absolute atomic E-state index is 13.0. The highest BCUT2D eigenvalue weighted by atomic mass is 16.2. The monoisotopic (exact) mass is 334 g/mol. The van der Waals surface area contributed by atoms with Crippen LogP contribution in [0.15, 0.2) is 48.5 Å². The van der Waals surface area contributed by atoms with Crippen molar-refractivity contribution in [3.05, 3.63) is 65.2 Å². The Balaban J connectivity index is 1.58. The Morgan fingerprint density at radius 1 is 0.880 bits per heavy atom. The van der Waals surface area contributed by atoms with Crippen LogP contribution in [-0.2, 0) is 17.8 Å². The Hall–Kier alpha value is -2.62. The van der Waals surface area contributed by atoms with Crippen molar-refractivity contribution in [3.63, 3.8) is 0 Å². The zero-order valence-corrected chi connectivity index (χ0v) is 14.3.